The average molecular weight is 386 g/mol. The number of rotatable bonds is 8. The van der Waals surface area contributed by atoms with E-state index in [9.17, 15) is 34.5 Å². The lowest BCUT2D eigenvalue weighted by Gasteiger charge is -2.16. The maximum Gasteiger partial charge on any atom is 0.339 e. The van der Waals surface area contributed by atoms with Gasteiger partial charge in [0, 0.05) is 0 Å². The molecule has 0 spiro atoms. The summed E-state index contributed by atoms with van der Waals surface area (Å²) in [4.78, 5) is 47.8. The van der Waals surface area contributed by atoms with Crippen molar-refractivity contribution in [1.82, 2.24) is 0 Å². The minimum Gasteiger partial charge on any atom is -0.478 e. The first-order valence-electron chi connectivity index (χ1n) is 8.43. The van der Waals surface area contributed by atoms with Crippen molar-refractivity contribution in [3.8, 4) is 11.1 Å². The smallest absolute Gasteiger partial charge is 0.339 e. The molecule has 8 heteroatoms. The van der Waals surface area contributed by atoms with Gasteiger partial charge in [0.15, 0.2) is 0 Å². The Hall–Kier alpha value is -3.68. The van der Waals surface area contributed by atoms with Gasteiger partial charge in [-0.05, 0) is 23.6 Å². The molecular formula is C20H18O8. The molecule has 28 heavy (non-hydrogen) atoms. The summed E-state index contributed by atoms with van der Waals surface area (Å²) in [7, 11) is 0. The number of carboxylic acids is 3. The molecule has 0 radical (unpaired) electrons. The molecule has 3 N–H and O–H groups in total. The number of esters is 1. The topological polar surface area (TPSA) is 138 Å². The highest BCUT2D eigenvalue weighted by atomic mass is 16.5. The van der Waals surface area contributed by atoms with Crippen LogP contribution in [0.3, 0.4) is 0 Å². The first-order chi connectivity index (χ1) is 13.3. The average Bonchev–Trinajstić information content (AvgIpc) is 2.66. The van der Waals surface area contributed by atoms with E-state index in [0.29, 0.717) is 12.0 Å². The van der Waals surface area contributed by atoms with Gasteiger partial charge < -0.3 is 20.1 Å². The first-order valence-corrected chi connectivity index (χ1v) is 8.43. The molecule has 0 aliphatic carbocycles. The molecule has 0 amide bonds. The summed E-state index contributed by atoms with van der Waals surface area (Å²) in [5, 5.41) is 28.5. The zero-order chi connectivity index (χ0) is 20.8. The lowest BCUT2D eigenvalue weighted by molar-refractivity contribution is 0.0488. The molecule has 0 aromatic heterocycles. The third-order valence-electron chi connectivity index (χ3n) is 4.01. The van der Waals surface area contributed by atoms with E-state index in [1.54, 1.807) is 30.3 Å². The first kappa shape index (κ1) is 20.6. The Labute approximate surface area is 160 Å². The summed E-state index contributed by atoms with van der Waals surface area (Å²) in [6.07, 6.45) is 1.26. The molecule has 0 bridgehead atoms. The van der Waals surface area contributed by atoms with Crippen molar-refractivity contribution in [1.29, 1.82) is 0 Å². The number of aromatic carboxylic acids is 3. The van der Waals surface area contributed by atoms with Crippen LogP contribution >= 0.6 is 0 Å². The molecule has 2 aromatic rings. The van der Waals surface area contributed by atoms with E-state index in [1.165, 1.54) is 0 Å². The van der Waals surface area contributed by atoms with Crippen LogP contribution in [-0.2, 0) is 4.74 Å². The lowest BCUT2D eigenvalue weighted by Crippen LogP contribution is -2.22. The molecule has 0 atom stereocenters. The number of carbonyl (C=O) groups is 4. The van der Waals surface area contributed by atoms with Gasteiger partial charge in [0.05, 0.1) is 28.9 Å². The van der Waals surface area contributed by atoms with E-state index >= 15 is 0 Å². The minimum atomic E-state index is -1.77. The molecule has 0 heterocycles. The van der Waals surface area contributed by atoms with E-state index in [-0.39, 0.29) is 12.2 Å². The predicted molar refractivity (Wildman–Crippen MR) is 97.9 cm³/mol. The van der Waals surface area contributed by atoms with Crippen molar-refractivity contribution in [3.05, 3.63) is 58.7 Å². The summed E-state index contributed by atoms with van der Waals surface area (Å²) in [5.74, 6) is -6.15. The van der Waals surface area contributed by atoms with Gasteiger partial charge >= 0.3 is 23.9 Å². The fourth-order valence-electron chi connectivity index (χ4n) is 2.73. The molecule has 0 saturated heterocycles. The second kappa shape index (κ2) is 8.81. The van der Waals surface area contributed by atoms with Gasteiger partial charge in [-0.3, -0.25) is 0 Å². The highest BCUT2D eigenvalue weighted by Crippen LogP contribution is 2.32. The predicted octanol–water partition coefficient (Wildman–Crippen LogP) is 3.41. The van der Waals surface area contributed by atoms with Gasteiger partial charge in [0.25, 0.3) is 0 Å². The summed E-state index contributed by atoms with van der Waals surface area (Å²) >= 11 is 0. The van der Waals surface area contributed by atoms with Crippen molar-refractivity contribution in [2.24, 2.45) is 0 Å². The third-order valence-corrected chi connectivity index (χ3v) is 4.01. The van der Waals surface area contributed by atoms with Gasteiger partial charge in [-0.1, -0.05) is 43.7 Å². The lowest BCUT2D eigenvalue weighted by atomic mass is 9.88. The van der Waals surface area contributed by atoms with Crippen LogP contribution in [-0.4, -0.2) is 45.8 Å². The van der Waals surface area contributed by atoms with Crippen LogP contribution in [0.2, 0.25) is 0 Å². The number of hydrogen-bond acceptors (Lipinski definition) is 5. The fraction of sp³-hybridized carbons (Fsp3) is 0.200. The van der Waals surface area contributed by atoms with E-state index in [0.717, 1.165) is 12.5 Å². The number of carbonyl (C=O) groups excluding carboxylic acids is 1. The zero-order valence-corrected chi connectivity index (χ0v) is 15.0. The van der Waals surface area contributed by atoms with Crippen molar-refractivity contribution < 1.29 is 39.2 Å². The normalized spacial score (nSPS) is 10.3. The molecule has 0 saturated carbocycles. The Kier molecular flexibility index (Phi) is 6.49. The SMILES string of the molecule is CCCCOC(=O)c1c(-c2ccccc2)cc(C(=O)O)c(C(=O)O)c1C(=O)O. The second-order valence-electron chi connectivity index (χ2n) is 5.87. The summed E-state index contributed by atoms with van der Waals surface area (Å²) in [5.41, 5.74) is -2.77. The van der Waals surface area contributed by atoms with Crippen LogP contribution in [0.25, 0.3) is 11.1 Å². The largest absolute Gasteiger partial charge is 0.478 e. The zero-order valence-electron chi connectivity index (χ0n) is 15.0. The molecule has 146 valence electrons. The molecule has 0 unspecified atom stereocenters. The highest BCUT2D eigenvalue weighted by Gasteiger charge is 2.33. The van der Waals surface area contributed by atoms with Gasteiger partial charge in [0.1, 0.15) is 0 Å². The Bertz CT molecular complexity index is 931. The number of benzene rings is 2. The Balaban J connectivity index is 2.89. The van der Waals surface area contributed by atoms with Gasteiger partial charge in [0.2, 0.25) is 0 Å². The Morgan fingerprint density at radius 1 is 0.857 bits per heavy atom. The van der Waals surface area contributed by atoms with Gasteiger partial charge in [-0.25, -0.2) is 19.2 Å². The maximum atomic E-state index is 12.7. The van der Waals surface area contributed by atoms with Crippen LogP contribution in [0.5, 0.6) is 0 Å². The minimum absolute atomic E-state index is 0.0196. The van der Waals surface area contributed by atoms with Crippen molar-refractivity contribution >= 4 is 23.9 Å². The second-order valence-corrected chi connectivity index (χ2v) is 5.87. The maximum absolute atomic E-state index is 12.7. The van der Waals surface area contributed by atoms with Crippen LogP contribution in [0.15, 0.2) is 36.4 Å². The van der Waals surface area contributed by atoms with Crippen molar-refractivity contribution in [2.75, 3.05) is 6.61 Å². The van der Waals surface area contributed by atoms with E-state index in [4.69, 9.17) is 4.74 Å². The summed E-state index contributed by atoms with van der Waals surface area (Å²) in [6, 6.07) is 9.02. The Morgan fingerprint density at radius 2 is 1.46 bits per heavy atom. The monoisotopic (exact) mass is 386 g/mol. The molecular weight excluding hydrogens is 368 g/mol. The van der Waals surface area contributed by atoms with E-state index in [1.807, 2.05) is 6.92 Å². The van der Waals surface area contributed by atoms with Gasteiger partial charge in [-0.15, -0.1) is 0 Å². The molecule has 0 fully saturated rings. The molecule has 2 aromatic carbocycles. The Morgan fingerprint density at radius 3 is 1.96 bits per heavy atom. The number of ether oxygens (including phenoxy) is 1. The standard InChI is InChI=1S/C20H18O8/c1-2-3-9-28-20(27)15-12(11-7-5-4-6-8-11)10-13(17(21)22)14(18(23)24)16(15)19(25)26/h4-8,10H,2-3,9H2,1H3,(H,21,22)(H,23,24)(H,25,26). The van der Waals surface area contributed by atoms with Crippen LogP contribution in [0, 0.1) is 0 Å². The van der Waals surface area contributed by atoms with E-state index in [2.05, 4.69) is 0 Å². The molecule has 0 aliphatic heterocycles. The number of carboxylic acid groups (broad SMARTS) is 3. The van der Waals surface area contributed by atoms with E-state index < -0.39 is 46.1 Å². The fourth-order valence-corrected chi connectivity index (χ4v) is 2.73. The summed E-state index contributed by atoms with van der Waals surface area (Å²) in [6.45, 7) is 1.89. The quantitative estimate of drug-likeness (QED) is 0.463. The third kappa shape index (κ3) is 4.17. The summed E-state index contributed by atoms with van der Waals surface area (Å²) < 4.78 is 5.11. The van der Waals surface area contributed by atoms with Crippen molar-refractivity contribution in [2.45, 2.75) is 19.8 Å². The van der Waals surface area contributed by atoms with Crippen molar-refractivity contribution in [3.63, 3.8) is 0 Å². The van der Waals surface area contributed by atoms with Gasteiger partial charge in [-0.2, -0.15) is 0 Å². The highest BCUT2D eigenvalue weighted by molar-refractivity contribution is 6.17. The number of hydrogen-bond donors (Lipinski definition) is 3. The van der Waals surface area contributed by atoms with Crippen LogP contribution in [0.4, 0.5) is 0 Å². The molecule has 0 aliphatic rings. The molecule has 8 nitrogen and oxygen atoms in total. The molecule has 2 rings (SSSR count). The van der Waals surface area contributed by atoms with Crippen LogP contribution < -0.4 is 0 Å². The van der Waals surface area contributed by atoms with Crippen LogP contribution in [0.1, 0.15) is 61.2 Å². The number of unbranched alkanes of at least 4 members (excludes halogenated alkanes) is 1.